The minimum absolute atomic E-state index is 0. The molecule has 0 radical (unpaired) electrons. The zero-order chi connectivity index (χ0) is 16.1. The van der Waals surface area contributed by atoms with Gasteiger partial charge in [0.05, 0.1) is 23.1 Å². The number of nitrogens with one attached hydrogen (secondary N) is 2. The lowest BCUT2D eigenvalue weighted by Gasteiger charge is -2.12. The number of nitrogens with zero attached hydrogens (tertiary/aromatic N) is 2. The van der Waals surface area contributed by atoms with E-state index in [4.69, 9.17) is 0 Å². The molecule has 6 heteroatoms. The molecular formula is C16H22N4O2. The molecule has 2 aromatic rings. The van der Waals surface area contributed by atoms with E-state index in [-0.39, 0.29) is 19.2 Å². The monoisotopic (exact) mass is 302 g/mol. The van der Waals surface area contributed by atoms with Gasteiger partial charge in [-0.2, -0.15) is 5.10 Å². The summed E-state index contributed by atoms with van der Waals surface area (Å²) in [7, 11) is 1.75. The molecular weight excluding hydrogens is 280 g/mol. The van der Waals surface area contributed by atoms with Gasteiger partial charge in [0, 0.05) is 21.1 Å². The number of carbonyl (C=O) groups is 2. The van der Waals surface area contributed by atoms with Crippen molar-refractivity contribution < 1.29 is 11.0 Å². The summed E-state index contributed by atoms with van der Waals surface area (Å²) in [4.78, 5) is 24.1. The van der Waals surface area contributed by atoms with Gasteiger partial charge in [-0.05, 0) is 18.1 Å². The van der Waals surface area contributed by atoms with Gasteiger partial charge < -0.3 is 10.6 Å². The van der Waals surface area contributed by atoms with Crippen molar-refractivity contribution in [3.8, 4) is 0 Å². The zero-order valence-electron chi connectivity index (χ0n) is 13.0. The Morgan fingerprint density at radius 2 is 1.86 bits per heavy atom. The summed E-state index contributed by atoms with van der Waals surface area (Å²) in [6, 6.07) is 7.12. The highest BCUT2D eigenvalue weighted by Crippen LogP contribution is 2.22. The number of amides is 2. The van der Waals surface area contributed by atoms with Crippen LogP contribution in [0.2, 0.25) is 0 Å². The fourth-order valence-electron chi connectivity index (χ4n) is 2.01. The van der Waals surface area contributed by atoms with Gasteiger partial charge in [-0.1, -0.05) is 26.0 Å². The molecule has 0 unspecified atom stereocenters. The van der Waals surface area contributed by atoms with Crippen molar-refractivity contribution >= 4 is 23.2 Å². The fraction of sp³-hybridized carbons (Fsp3) is 0.312. The zero-order valence-corrected chi connectivity index (χ0v) is 13.0. The van der Waals surface area contributed by atoms with Crippen LogP contribution in [-0.2, 0) is 11.8 Å². The molecule has 2 rings (SSSR count). The average Bonchev–Trinajstić information content (AvgIpc) is 2.87. The van der Waals surface area contributed by atoms with Crippen LogP contribution in [0.5, 0.6) is 0 Å². The Morgan fingerprint density at radius 3 is 2.41 bits per heavy atom. The highest BCUT2D eigenvalue weighted by Gasteiger charge is 2.12. The molecule has 1 aromatic heterocycles. The maximum absolute atomic E-state index is 12.2. The minimum atomic E-state index is -0.265. The van der Waals surface area contributed by atoms with E-state index in [1.54, 1.807) is 36.1 Å². The van der Waals surface area contributed by atoms with Crippen LogP contribution in [0.1, 0.15) is 32.1 Å². The van der Waals surface area contributed by atoms with Gasteiger partial charge in [0.15, 0.2) is 0 Å². The van der Waals surface area contributed by atoms with Crippen LogP contribution < -0.4 is 10.6 Å². The third-order valence-electron chi connectivity index (χ3n) is 3.01. The van der Waals surface area contributed by atoms with Crippen LogP contribution in [-0.4, -0.2) is 21.6 Å². The van der Waals surface area contributed by atoms with Crippen molar-refractivity contribution in [3.05, 3.63) is 42.2 Å². The lowest BCUT2D eigenvalue weighted by molar-refractivity contribution is -0.116. The lowest BCUT2D eigenvalue weighted by Crippen LogP contribution is -2.17. The predicted octanol–water partition coefficient (Wildman–Crippen LogP) is 2.90. The summed E-state index contributed by atoms with van der Waals surface area (Å²) in [5.74, 6) is -0.0612. The number of hydrogen-bond acceptors (Lipinski definition) is 3. The second kappa shape index (κ2) is 6.89. The van der Waals surface area contributed by atoms with Crippen molar-refractivity contribution in [2.24, 2.45) is 13.0 Å². The molecule has 1 aromatic carbocycles. The summed E-state index contributed by atoms with van der Waals surface area (Å²) in [6.45, 7) is 3.96. The second-order valence-electron chi connectivity index (χ2n) is 5.55. The van der Waals surface area contributed by atoms with E-state index in [2.05, 4.69) is 15.7 Å². The summed E-state index contributed by atoms with van der Waals surface area (Å²) in [5, 5.41) is 9.59. The molecule has 118 valence electrons. The molecule has 0 aliphatic carbocycles. The summed E-state index contributed by atoms with van der Waals surface area (Å²) >= 11 is 0. The molecule has 2 N–H and O–H groups in total. The average molecular weight is 302 g/mol. The van der Waals surface area contributed by atoms with Crippen LogP contribution in [0, 0.1) is 5.92 Å². The second-order valence-corrected chi connectivity index (χ2v) is 5.55. The molecule has 6 nitrogen and oxygen atoms in total. The topological polar surface area (TPSA) is 76.0 Å². The number of benzene rings is 1. The van der Waals surface area contributed by atoms with Gasteiger partial charge >= 0.3 is 0 Å². The largest absolute Gasteiger partial charge is 0.324 e. The molecule has 0 bridgehead atoms. The Morgan fingerprint density at radius 1 is 1.23 bits per heavy atom. The van der Waals surface area contributed by atoms with Gasteiger partial charge in [-0.3, -0.25) is 14.3 Å². The number of anilines is 2. The number of aryl methyl sites for hydroxylation is 1. The van der Waals surface area contributed by atoms with Crippen LogP contribution in [0.25, 0.3) is 0 Å². The van der Waals surface area contributed by atoms with E-state index in [0.717, 1.165) is 0 Å². The molecule has 0 atom stereocenters. The standard InChI is InChI=1S/C16H20N4O2.H2/c1-11(2)8-15(21)18-13-6-4-5-7-14(13)19-16(22)12-9-17-20(3)10-12;/h4-7,9-11H,8H2,1-3H3,(H,18,21)(H,19,22);1H. The van der Waals surface area contributed by atoms with E-state index >= 15 is 0 Å². The Bertz CT molecular complexity index is 682. The van der Waals surface area contributed by atoms with Crippen molar-refractivity contribution in [1.29, 1.82) is 0 Å². The normalized spacial score (nSPS) is 10.5. The van der Waals surface area contributed by atoms with Gasteiger partial charge in [0.2, 0.25) is 5.91 Å². The molecule has 0 fully saturated rings. The van der Waals surface area contributed by atoms with Crippen LogP contribution in [0.4, 0.5) is 11.4 Å². The highest BCUT2D eigenvalue weighted by atomic mass is 16.2. The van der Waals surface area contributed by atoms with Gasteiger partial charge in [0.1, 0.15) is 0 Å². The number of aromatic nitrogens is 2. The maximum atomic E-state index is 12.2. The van der Waals surface area contributed by atoms with Crippen molar-refractivity contribution in [2.45, 2.75) is 20.3 Å². The number of para-hydroxylation sites is 2. The molecule has 2 amide bonds. The Labute approximate surface area is 131 Å². The molecule has 1 heterocycles. The number of carbonyl (C=O) groups excluding carboxylic acids is 2. The number of hydrogen-bond donors (Lipinski definition) is 2. The highest BCUT2D eigenvalue weighted by molar-refractivity contribution is 6.07. The summed E-state index contributed by atoms with van der Waals surface area (Å²) < 4.78 is 1.56. The first-order valence-electron chi connectivity index (χ1n) is 7.14. The first-order chi connectivity index (χ1) is 10.5. The van der Waals surface area contributed by atoms with E-state index < -0.39 is 0 Å². The van der Waals surface area contributed by atoms with Crippen molar-refractivity contribution in [1.82, 2.24) is 9.78 Å². The van der Waals surface area contributed by atoms with Crippen LogP contribution in [0.15, 0.2) is 36.7 Å². The van der Waals surface area contributed by atoms with E-state index in [1.807, 2.05) is 19.9 Å². The molecule has 0 saturated carbocycles. The smallest absolute Gasteiger partial charge is 0.258 e. The molecule has 0 saturated heterocycles. The third-order valence-corrected chi connectivity index (χ3v) is 3.01. The van der Waals surface area contributed by atoms with Crippen molar-refractivity contribution in [2.75, 3.05) is 10.6 Å². The van der Waals surface area contributed by atoms with Crippen LogP contribution in [0.3, 0.4) is 0 Å². The number of rotatable bonds is 5. The van der Waals surface area contributed by atoms with E-state index in [1.165, 1.54) is 6.20 Å². The molecule has 22 heavy (non-hydrogen) atoms. The van der Waals surface area contributed by atoms with Crippen LogP contribution >= 0.6 is 0 Å². The third kappa shape index (κ3) is 4.18. The first-order valence-corrected chi connectivity index (χ1v) is 7.14. The van der Waals surface area contributed by atoms with E-state index in [9.17, 15) is 9.59 Å². The Balaban J connectivity index is 0.00000264. The van der Waals surface area contributed by atoms with E-state index in [0.29, 0.717) is 23.4 Å². The van der Waals surface area contributed by atoms with Gasteiger partial charge in [0.25, 0.3) is 5.91 Å². The summed E-state index contributed by atoms with van der Waals surface area (Å²) in [5.41, 5.74) is 1.62. The quantitative estimate of drug-likeness (QED) is 0.891. The Hall–Kier alpha value is -2.63. The molecule has 0 aliphatic rings. The first kappa shape index (κ1) is 15.8. The molecule has 0 aliphatic heterocycles. The maximum Gasteiger partial charge on any atom is 0.258 e. The fourth-order valence-corrected chi connectivity index (χ4v) is 2.01. The van der Waals surface area contributed by atoms with Gasteiger partial charge in [-0.15, -0.1) is 0 Å². The van der Waals surface area contributed by atoms with Gasteiger partial charge in [-0.25, -0.2) is 0 Å². The SMILES string of the molecule is CC(C)CC(=O)Nc1ccccc1NC(=O)c1cnn(C)c1.[HH]. The predicted molar refractivity (Wildman–Crippen MR) is 87.8 cm³/mol. The minimum Gasteiger partial charge on any atom is -0.324 e. The lowest BCUT2D eigenvalue weighted by atomic mass is 10.1. The van der Waals surface area contributed by atoms with Crippen molar-refractivity contribution in [3.63, 3.8) is 0 Å². The summed E-state index contributed by atoms with van der Waals surface area (Å²) in [6.07, 6.45) is 3.56. The Kier molecular flexibility index (Phi) is 4.93. The molecule has 0 spiro atoms.